The Bertz CT molecular complexity index is 763. The minimum atomic E-state index is -0.0449. The molecule has 0 N–H and O–H groups in total. The Hall–Kier alpha value is -2.34. The first kappa shape index (κ1) is 13.6. The van der Waals surface area contributed by atoms with Crippen molar-refractivity contribution in [3.63, 3.8) is 0 Å². The van der Waals surface area contributed by atoms with Gasteiger partial charge in [-0.1, -0.05) is 0 Å². The summed E-state index contributed by atoms with van der Waals surface area (Å²) in [5.41, 5.74) is 1.25. The highest BCUT2D eigenvalue weighted by atomic mass is 32.1. The number of thiazole rings is 1. The van der Waals surface area contributed by atoms with E-state index in [9.17, 15) is 4.79 Å². The number of ether oxygens (including phenoxy) is 2. The maximum atomic E-state index is 12.5. The Morgan fingerprint density at radius 3 is 2.90 bits per heavy atom. The van der Waals surface area contributed by atoms with E-state index < -0.39 is 0 Å². The Morgan fingerprint density at radius 2 is 2.19 bits per heavy atom. The summed E-state index contributed by atoms with van der Waals surface area (Å²) in [5, 5.41) is 1.96. The zero-order valence-electron chi connectivity index (χ0n) is 11.7. The number of benzene rings is 1. The van der Waals surface area contributed by atoms with Crippen LogP contribution < -0.4 is 9.47 Å². The van der Waals surface area contributed by atoms with Gasteiger partial charge in [-0.25, -0.2) is 4.98 Å². The highest BCUT2D eigenvalue weighted by Crippen LogP contribution is 2.25. The van der Waals surface area contributed by atoms with Crippen molar-refractivity contribution in [1.82, 2.24) is 9.38 Å². The molecule has 0 aliphatic rings. The zero-order valence-corrected chi connectivity index (χ0v) is 12.5. The van der Waals surface area contributed by atoms with Gasteiger partial charge in [-0.15, -0.1) is 11.3 Å². The molecule has 0 aliphatic carbocycles. The molecule has 3 aromatic rings. The van der Waals surface area contributed by atoms with Crippen LogP contribution in [0.2, 0.25) is 0 Å². The molecule has 2 heterocycles. The standard InChI is InChI=1S/C15H14N2O3S/c1-19-11-3-4-14(20-2)12(8-11)13(18)7-10-9-17-5-6-21-15(17)16-10/h3-6,8-9H,7H2,1-2H3. The normalized spacial score (nSPS) is 10.8. The van der Waals surface area contributed by atoms with E-state index in [0.29, 0.717) is 17.1 Å². The molecule has 108 valence electrons. The van der Waals surface area contributed by atoms with Gasteiger partial charge in [0.25, 0.3) is 0 Å². The fourth-order valence-electron chi connectivity index (χ4n) is 2.15. The number of carbonyl (C=O) groups is 1. The number of Topliss-reactive ketones (excluding diaryl/α,β-unsaturated/α-hetero) is 1. The quantitative estimate of drug-likeness (QED) is 0.680. The number of hydrogen-bond acceptors (Lipinski definition) is 5. The third kappa shape index (κ3) is 2.62. The highest BCUT2D eigenvalue weighted by Gasteiger charge is 2.16. The van der Waals surface area contributed by atoms with Crippen molar-refractivity contribution in [3.05, 3.63) is 47.2 Å². The van der Waals surface area contributed by atoms with E-state index in [-0.39, 0.29) is 12.2 Å². The molecule has 0 radical (unpaired) electrons. The Balaban J connectivity index is 1.89. The number of nitrogens with zero attached hydrogens (tertiary/aromatic N) is 2. The second-order valence-electron chi connectivity index (χ2n) is 4.49. The molecular formula is C15H14N2O3S. The third-order valence-electron chi connectivity index (χ3n) is 3.19. The van der Waals surface area contributed by atoms with Gasteiger partial charge in [0.05, 0.1) is 31.9 Å². The Morgan fingerprint density at radius 1 is 1.33 bits per heavy atom. The van der Waals surface area contributed by atoms with Crippen LogP contribution in [-0.2, 0) is 6.42 Å². The van der Waals surface area contributed by atoms with Crippen LogP contribution in [-0.4, -0.2) is 29.4 Å². The molecule has 0 amide bonds. The van der Waals surface area contributed by atoms with Crippen LogP contribution in [0, 0.1) is 0 Å². The van der Waals surface area contributed by atoms with Crippen molar-refractivity contribution in [2.75, 3.05) is 14.2 Å². The van der Waals surface area contributed by atoms with Crippen molar-refractivity contribution in [3.8, 4) is 11.5 Å². The van der Waals surface area contributed by atoms with E-state index in [0.717, 1.165) is 10.7 Å². The molecule has 5 nitrogen and oxygen atoms in total. The molecule has 0 aliphatic heterocycles. The minimum absolute atomic E-state index is 0.0449. The largest absolute Gasteiger partial charge is 0.497 e. The lowest BCUT2D eigenvalue weighted by molar-refractivity contribution is 0.0989. The lowest BCUT2D eigenvalue weighted by atomic mass is 10.1. The van der Waals surface area contributed by atoms with Crippen LogP contribution in [0.4, 0.5) is 0 Å². The Labute approximate surface area is 125 Å². The summed E-state index contributed by atoms with van der Waals surface area (Å²) in [4.78, 5) is 17.8. The van der Waals surface area contributed by atoms with E-state index in [1.54, 1.807) is 43.8 Å². The van der Waals surface area contributed by atoms with Gasteiger partial charge in [-0.2, -0.15) is 0 Å². The second-order valence-corrected chi connectivity index (χ2v) is 5.36. The summed E-state index contributed by atoms with van der Waals surface area (Å²) >= 11 is 1.54. The molecule has 0 bridgehead atoms. The molecule has 1 aromatic carbocycles. The summed E-state index contributed by atoms with van der Waals surface area (Å²) in [6.07, 6.45) is 4.03. The van der Waals surface area contributed by atoms with Crippen LogP contribution in [0.15, 0.2) is 36.0 Å². The van der Waals surface area contributed by atoms with E-state index in [4.69, 9.17) is 9.47 Å². The molecule has 0 saturated carbocycles. The van der Waals surface area contributed by atoms with Gasteiger partial charge < -0.3 is 9.47 Å². The number of methoxy groups -OCH3 is 2. The minimum Gasteiger partial charge on any atom is -0.497 e. The van der Waals surface area contributed by atoms with Gasteiger partial charge in [-0.05, 0) is 18.2 Å². The first-order valence-electron chi connectivity index (χ1n) is 6.37. The summed E-state index contributed by atoms with van der Waals surface area (Å²) in [6.45, 7) is 0. The predicted octanol–water partition coefficient (Wildman–Crippen LogP) is 2.84. The predicted molar refractivity (Wildman–Crippen MR) is 80.6 cm³/mol. The van der Waals surface area contributed by atoms with Gasteiger partial charge in [-0.3, -0.25) is 9.20 Å². The number of aromatic nitrogens is 2. The molecule has 6 heteroatoms. The van der Waals surface area contributed by atoms with E-state index in [1.807, 2.05) is 22.2 Å². The number of carbonyl (C=O) groups excluding carboxylic acids is 1. The molecule has 0 spiro atoms. The SMILES string of the molecule is COc1ccc(OC)c(C(=O)Cc2cn3ccsc3n2)c1. The van der Waals surface area contributed by atoms with Crippen molar-refractivity contribution in [2.45, 2.75) is 6.42 Å². The van der Waals surface area contributed by atoms with Gasteiger partial charge in [0.15, 0.2) is 10.7 Å². The van der Waals surface area contributed by atoms with Crippen LogP contribution in [0.3, 0.4) is 0 Å². The second kappa shape index (κ2) is 5.57. The molecule has 3 rings (SSSR count). The molecule has 0 fully saturated rings. The number of rotatable bonds is 5. The van der Waals surface area contributed by atoms with Gasteiger partial charge in [0.1, 0.15) is 11.5 Å². The first-order valence-corrected chi connectivity index (χ1v) is 7.25. The van der Waals surface area contributed by atoms with Crippen molar-refractivity contribution < 1.29 is 14.3 Å². The van der Waals surface area contributed by atoms with E-state index >= 15 is 0 Å². The fraction of sp³-hybridized carbons (Fsp3) is 0.200. The topological polar surface area (TPSA) is 52.8 Å². The van der Waals surface area contributed by atoms with Crippen LogP contribution in [0.1, 0.15) is 16.1 Å². The molecule has 2 aromatic heterocycles. The fourth-order valence-corrected chi connectivity index (χ4v) is 2.87. The first-order chi connectivity index (χ1) is 10.2. The smallest absolute Gasteiger partial charge is 0.193 e. The van der Waals surface area contributed by atoms with Crippen molar-refractivity contribution >= 4 is 22.1 Å². The number of fused-ring (bicyclic) bond motifs is 1. The highest BCUT2D eigenvalue weighted by molar-refractivity contribution is 7.15. The number of ketones is 1. The zero-order chi connectivity index (χ0) is 14.8. The van der Waals surface area contributed by atoms with Gasteiger partial charge in [0, 0.05) is 17.8 Å². The summed E-state index contributed by atoms with van der Waals surface area (Å²) in [7, 11) is 3.12. The summed E-state index contributed by atoms with van der Waals surface area (Å²) in [6, 6.07) is 5.19. The average Bonchev–Trinajstić information content (AvgIpc) is 3.07. The maximum Gasteiger partial charge on any atom is 0.193 e. The monoisotopic (exact) mass is 302 g/mol. The van der Waals surface area contributed by atoms with Gasteiger partial charge in [0.2, 0.25) is 0 Å². The van der Waals surface area contributed by atoms with E-state index in [2.05, 4.69) is 4.98 Å². The molecule has 21 heavy (non-hydrogen) atoms. The third-order valence-corrected chi connectivity index (χ3v) is 3.96. The summed E-state index contributed by atoms with van der Waals surface area (Å²) in [5.74, 6) is 1.13. The van der Waals surface area contributed by atoms with Gasteiger partial charge >= 0.3 is 0 Å². The molecule has 0 saturated heterocycles. The lowest BCUT2D eigenvalue weighted by Gasteiger charge is -2.09. The average molecular weight is 302 g/mol. The summed E-state index contributed by atoms with van der Waals surface area (Å²) < 4.78 is 12.3. The van der Waals surface area contributed by atoms with Crippen molar-refractivity contribution in [2.24, 2.45) is 0 Å². The van der Waals surface area contributed by atoms with E-state index in [1.165, 1.54) is 0 Å². The van der Waals surface area contributed by atoms with Crippen LogP contribution in [0.25, 0.3) is 4.96 Å². The molecular weight excluding hydrogens is 288 g/mol. The molecule has 0 atom stereocenters. The Kier molecular flexibility index (Phi) is 3.62. The van der Waals surface area contributed by atoms with Crippen LogP contribution >= 0.6 is 11.3 Å². The maximum absolute atomic E-state index is 12.5. The van der Waals surface area contributed by atoms with Crippen molar-refractivity contribution in [1.29, 1.82) is 0 Å². The number of hydrogen-bond donors (Lipinski definition) is 0. The lowest BCUT2D eigenvalue weighted by Crippen LogP contribution is -2.06. The molecule has 0 unspecified atom stereocenters. The number of imidazole rings is 1. The van der Waals surface area contributed by atoms with Crippen LogP contribution in [0.5, 0.6) is 11.5 Å².